The first-order chi connectivity index (χ1) is 7.68. The van der Waals surface area contributed by atoms with Gasteiger partial charge in [0.15, 0.2) is 0 Å². The molecule has 0 unspecified atom stereocenters. The van der Waals surface area contributed by atoms with Crippen molar-refractivity contribution in [1.29, 1.82) is 0 Å². The summed E-state index contributed by atoms with van der Waals surface area (Å²) in [7, 11) is 0. The van der Waals surface area contributed by atoms with Crippen molar-refractivity contribution in [1.82, 2.24) is 0 Å². The number of halogens is 1. The van der Waals surface area contributed by atoms with E-state index in [2.05, 4.69) is 26.9 Å². The first kappa shape index (κ1) is 12.3. The third kappa shape index (κ3) is 2.73. The molecule has 1 N–H and O–H groups in total. The second kappa shape index (κ2) is 5.43. The molecule has 4 heteroatoms. The third-order valence-electron chi connectivity index (χ3n) is 2.81. The summed E-state index contributed by atoms with van der Waals surface area (Å²) < 4.78 is 1.08. The third-order valence-corrected chi connectivity index (χ3v) is 4.38. The Morgan fingerprint density at radius 3 is 2.62 bits per heavy atom. The molecule has 2 nitrogen and oxygen atoms in total. The van der Waals surface area contributed by atoms with Crippen LogP contribution in [-0.2, 0) is 0 Å². The van der Waals surface area contributed by atoms with Gasteiger partial charge in [-0.25, -0.2) is 0 Å². The Labute approximate surface area is 109 Å². The lowest BCUT2D eigenvalue weighted by molar-refractivity contribution is 0.199. The highest BCUT2D eigenvalue weighted by Gasteiger charge is 2.14. The van der Waals surface area contributed by atoms with Crippen LogP contribution in [0.4, 0.5) is 5.69 Å². The van der Waals surface area contributed by atoms with Gasteiger partial charge in [-0.15, -0.1) is 0 Å². The minimum absolute atomic E-state index is 0.401. The quantitative estimate of drug-likeness (QED) is 0.908. The average Bonchev–Trinajstić information content (AvgIpc) is 2.30. The maximum Gasteiger partial charge on any atom is 0.0762 e. The lowest BCUT2D eigenvalue weighted by atomic mass is 10.1. The zero-order valence-electron chi connectivity index (χ0n) is 9.32. The summed E-state index contributed by atoms with van der Waals surface area (Å²) in [6.07, 6.45) is -0.401. The predicted molar refractivity (Wildman–Crippen MR) is 74.3 cm³/mol. The molecule has 2 rings (SSSR count). The molecule has 1 aromatic carbocycles. The number of nitrogens with zero attached hydrogens (tertiary/aromatic N) is 1. The molecule has 0 aromatic heterocycles. The molecule has 1 saturated heterocycles. The van der Waals surface area contributed by atoms with E-state index in [1.165, 1.54) is 17.2 Å². The fraction of sp³-hybridized carbons (Fsp3) is 0.500. The summed E-state index contributed by atoms with van der Waals surface area (Å²) in [6.45, 7) is 4.01. The molecule has 1 heterocycles. The Hall–Kier alpha value is -0.190. The van der Waals surface area contributed by atoms with Gasteiger partial charge in [0.1, 0.15) is 0 Å². The van der Waals surface area contributed by atoms with Crippen molar-refractivity contribution in [3.8, 4) is 0 Å². The average molecular weight is 302 g/mol. The molecule has 0 radical (unpaired) electrons. The molecule has 0 saturated carbocycles. The maximum absolute atomic E-state index is 9.51. The summed E-state index contributed by atoms with van der Waals surface area (Å²) in [4.78, 5) is 2.40. The van der Waals surface area contributed by atoms with E-state index in [4.69, 9.17) is 0 Å². The van der Waals surface area contributed by atoms with Crippen molar-refractivity contribution in [3.63, 3.8) is 0 Å². The highest BCUT2D eigenvalue weighted by atomic mass is 79.9. The van der Waals surface area contributed by atoms with Crippen molar-refractivity contribution in [2.24, 2.45) is 0 Å². The van der Waals surface area contributed by atoms with E-state index < -0.39 is 6.10 Å². The number of benzene rings is 1. The van der Waals surface area contributed by atoms with E-state index >= 15 is 0 Å². The number of aliphatic hydroxyl groups excluding tert-OH is 1. The van der Waals surface area contributed by atoms with E-state index in [-0.39, 0.29) is 0 Å². The zero-order chi connectivity index (χ0) is 11.5. The summed E-state index contributed by atoms with van der Waals surface area (Å²) in [5.41, 5.74) is 2.20. The van der Waals surface area contributed by atoms with Crippen LogP contribution in [0.25, 0.3) is 0 Å². The molecule has 1 atom stereocenters. The first-order valence-electron chi connectivity index (χ1n) is 5.48. The Morgan fingerprint density at radius 1 is 1.38 bits per heavy atom. The molecule has 16 heavy (non-hydrogen) atoms. The molecular formula is C12H16BrNOS. The lowest BCUT2D eigenvalue weighted by Crippen LogP contribution is -2.32. The molecule has 1 fully saturated rings. The van der Waals surface area contributed by atoms with Crippen molar-refractivity contribution < 1.29 is 5.11 Å². The van der Waals surface area contributed by atoms with Crippen LogP contribution in [0.3, 0.4) is 0 Å². The van der Waals surface area contributed by atoms with Crippen LogP contribution in [0.15, 0.2) is 22.7 Å². The number of hydrogen-bond acceptors (Lipinski definition) is 3. The molecular weight excluding hydrogens is 286 g/mol. The van der Waals surface area contributed by atoms with Gasteiger partial charge in [0.25, 0.3) is 0 Å². The van der Waals surface area contributed by atoms with Gasteiger partial charge in [-0.3, -0.25) is 0 Å². The Morgan fingerprint density at radius 2 is 2.06 bits per heavy atom. The molecule has 0 spiro atoms. The van der Waals surface area contributed by atoms with Crippen LogP contribution >= 0.6 is 27.7 Å². The summed E-state index contributed by atoms with van der Waals surface area (Å²) in [5, 5.41) is 9.51. The second-order valence-corrected chi connectivity index (χ2v) is 6.07. The van der Waals surface area contributed by atoms with E-state index in [9.17, 15) is 5.11 Å². The number of hydrogen-bond donors (Lipinski definition) is 1. The molecule has 0 bridgehead atoms. The Bertz CT molecular complexity index is 364. The van der Waals surface area contributed by atoms with E-state index in [1.807, 2.05) is 23.9 Å². The maximum atomic E-state index is 9.51. The summed E-state index contributed by atoms with van der Waals surface area (Å²) in [5.74, 6) is 2.40. The number of aliphatic hydroxyl groups is 1. The normalized spacial score (nSPS) is 18.6. The predicted octanol–water partition coefficient (Wildman–Crippen LogP) is 3.06. The van der Waals surface area contributed by atoms with E-state index in [0.717, 1.165) is 23.1 Å². The summed E-state index contributed by atoms with van der Waals surface area (Å²) >= 11 is 5.60. The van der Waals surface area contributed by atoms with E-state index in [1.54, 1.807) is 6.92 Å². The van der Waals surface area contributed by atoms with Crippen LogP contribution in [0.5, 0.6) is 0 Å². The molecule has 1 aliphatic heterocycles. The lowest BCUT2D eigenvalue weighted by Gasteiger charge is -2.29. The fourth-order valence-electron chi connectivity index (χ4n) is 1.84. The van der Waals surface area contributed by atoms with Crippen molar-refractivity contribution >= 4 is 33.4 Å². The van der Waals surface area contributed by atoms with Gasteiger partial charge in [-0.05, 0) is 40.5 Å². The monoisotopic (exact) mass is 301 g/mol. The van der Waals surface area contributed by atoms with Crippen molar-refractivity contribution in [2.75, 3.05) is 29.5 Å². The van der Waals surface area contributed by atoms with E-state index in [0.29, 0.717) is 0 Å². The zero-order valence-corrected chi connectivity index (χ0v) is 11.7. The fourth-order valence-corrected chi connectivity index (χ4v) is 3.39. The van der Waals surface area contributed by atoms with Gasteiger partial charge in [-0.2, -0.15) is 11.8 Å². The van der Waals surface area contributed by atoms with Gasteiger partial charge >= 0.3 is 0 Å². The van der Waals surface area contributed by atoms with Gasteiger partial charge in [0.2, 0.25) is 0 Å². The smallest absolute Gasteiger partial charge is 0.0762 e. The van der Waals surface area contributed by atoms with Crippen LogP contribution < -0.4 is 4.90 Å². The van der Waals surface area contributed by atoms with Gasteiger partial charge in [0, 0.05) is 29.1 Å². The number of thioether (sulfide) groups is 1. The molecule has 1 aliphatic rings. The SMILES string of the molecule is C[C@H](O)c1ccc(N2CCSCC2)c(Br)c1. The first-order valence-corrected chi connectivity index (χ1v) is 7.43. The molecule has 1 aromatic rings. The minimum atomic E-state index is -0.401. The highest BCUT2D eigenvalue weighted by molar-refractivity contribution is 9.10. The van der Waals surface area contributed by atoms with Crippen LogP contribution in [0.2, 0.25) is 0 Å². The number of anilines is 1. The summed E-state index contributed by atoms with van der Waals surface area (Å²) in [6, 6.07) is 6.12. The Balaban J connectivity index is 2.21. The van der Waals surface area contributed by atoms with Crippen molar-refractivity contribution in [3.05, 3.63) is 28.2 Å². The number of rotatable bonds is 2. The topological polar surface area (TPSA) is 23.5 Å². The van der Waals surface area contributed by atoms with Crippen LogP contribution in [0, 0.1) is 0 Å². The second-order valence-electron chi connectivity index (χ2n) is 3.99. The minimum Gasteiger partial charge on any atom is -0.389 e. The largest absolute Gasteiger partial charge is 0.389 e. The molecule has 88 valence electrons. The molecule has 0 amide bonds. The van der Waals surface area contributed by atoms with Gasteiger partial charge in [0.05, 0.1) is 11.8 Å². The van der Waals surface area contributed by atoms with Crippen LogP contribution in [-0.4, -0.2) is 29.7 Å². The van der Waals surface area contributed by atoms with Crippen LogP contribution in [0.1, 0.15) is 18.6 Å². The highest BCUT2D eigenvalue weighted by Crippen LogP contribution is 2.30. The molecule has 0 aliphatic carbocycles. The van der Waals surface area contributed by atoms with Gasteiger partial charge < -0.3 is 10.0 Å². The van der Waals surface area contributed by atoms with Gasteiger partial charge in [-0.1, -0.05) is 6.07 Å². The standard InChI is InChI=1S/C12H16BrNOS/c1-9(15)10-2-3-12(11(13)8-10)14-4-6-16-7-5-14/h2-3,8-9,15H,4-7H2,1H3/t9-/m0/s1. The Kier molecular flexibility index (Phi) is 4.16. The van der Waals surface area contributed by atoms with Crippen molar-refractivity contribution in [2.45, 2.75) is 13.0 Å².